The van der Waals surface area contributed by atoms with Gasteiger partial charge in [0.15, 0.2) is 11.5 Å². The van der Waals surface area contributed by atoms with Gasteiger partial charge in [0, 0.05) is 12.5 Å². The van der Waals surface area contributed by atoms with Crippen LogP contribution >= 0.6 is 11.6 Å². The van der Waals surface area contributed by atoms with Crippen LogP contribution in [0, 0.1) is 0 Å². The molecule has 0 atom stereocenters. The molecule has 0 unspecified atom stereocenters. The maximum absolute atomic E-state index is 13.1. The summed E-state index contributed by atoms with van der Waals surface area (Å²) in [5, 5.41) is 4.87. The summed E-state index contributed by atoms with van der Waals surface area (Å²) in [5.41, 5.74) is -1.14. The number of nitrogens with one attached hydrogen (secondary N) is 2. The lowest BCUT2D eigenvalue weighted by atomic mass is 10.1. The van der Waals surface area contributed by atoms with Crippen LogP contribution < -0.4 is 20.1 Å². The van der Waals surface area contributed by atoms with E-state index >= 15 is 0 Å². The van der Waals surface area contributed by atoms with E-state index in [1.165, 1.54) is 26.2 Å². The summed E-state index contributed by atoms with van der Waals surface area (Å²) >= 11 is 6.19. The van der Waals surface area contributed by atoms with E-state index < -0.39 is 23.6 Å². The summed E-state index contributed by atoms with van der Waals surface area (Å²) in [6, 6.07) is 5.28. The van der Waals surface area contributed by atoms with Crippen LogP contribution in [0.25, 0.3) is 0 Å². The predicted molar refractivity (Wildman–Crippen MR) is 107 cm³/mol. The minimum absolute atomic E-state index is 0.0183. The summed E-state index contributed by atoms with van der Waals surface area (Å²) in [4.78, 5) is 24.1. The molecular formula is C20H20ClF3N2O4. The fraction of sp³-hybridized carbons (Fsp3) is 0.300. The van der Waals surface area contributed by atoms with Gasteiger partial charge in [-0.3, -0.25) is 9.59 Å². The van der Waals surface area contributed by atoms with Crippen molar-refractivity contribution in [2.24, 2.45) is 0 Å². The molecule has 0 aliphatic heterocycles. The molecule has 30 heavy (non-hydrogen) atoms. The zero-order valence-corrected chi connectivity index (χ0v) is 17.2. The zero-order valence-electron chi connectivity index (χ0n) is 16.4. The number of rotatable bonds is 7. The first kappa shape index (κ1) is 23.3. The number of carbonyl (C=O) groups is 2. The average Bonchev–Trinajstić information content (AvgIpc) is 2.66. The molecule has 0 saturated heterocycles. The highest BCUT2D eigenvalue weighted by atomic mass is 35.5. The second-order valence-corrected chi connectivity index (χ2v) is 6.64. The van der Waals surface area contributed by atoms with E-state index in [2.05, 4.69) is 10.6 Å². The second-order valence-electron chi connectivity index (χ2n) is 6.23. The third-order valence-corrected chi connectivity index (χ3v) is 4.13. The Kier molecular flexibility index (Phi) is 7.55. The highest BCUT2D eigenvalue weighted by Crippen LogP contribution is 2.38. The lowest BCUT2D eigenvalue weighted by molar-refractivity contribution is -0.137. The Labute approximate surface area is 176 Å². The minimum atomic E-state index is -4.63. The van der Waals surface area contributed by atoms with Crippen molar-refractivity contribution in [3.63, 3.8) is 0 Å². The number of amides is 2. The van der Waals surface area contributed by atoms with Crippen molar-refractivity contribution in [3.8, 4) is 11.5 Å². The van der Waals surface area contributed by atoms with E-state index in [9.17, 15) is 22.8 Å². The standard InChI is InChI=1S/C20H20ClF3N2O4/c1-4-7-30-18-14(21)8-12(9-17(18)29-3)19(28)26-16-10-13(20(22,23)24)5-6-15(16)25-11(2)27/h5-6,8-10H,4,7H2,1-3H3,(H,25,27)(H,26,28). The Morgan fingerprint density at radius 2 is 1.80 bits per heavy atom. The van der Waals surface area contributed by atoms with Gasteiger partial charge in [-0.15, -0.1) is 0 Å². The maximum atomic E-state index is 13.1. The van der Waals surface area contributed by atoms with Gasteiger partial charge in [-0.2, -0.15) is 13.2 Å². The van der Waals surface area contributed by atoms with Gasteiger partial charge < -0.3 is 20.1 Å². The monoisotopic (exact) mass is 444 g/mol. The summed E-state index contributed by atoms with van der Waals surface area (Å²) in [5.74, 6) is -0.793. The van der Waals surface area contributed by atoms with E-state index in [-0.39, 0.29) is 33.5 Å². The van der Waals surface area contributed by atoms with Gasteiger partial charge >= 0.3 is 6.18 Å². The molecule has 0 bridgehead atoms. The molecule has 162 valence electrons. The molecule has 2 N–H and O–H groups in total. The van der Waals surface area contributed by atoms with Crippen LogP contribution in [-0.4, -0.2) is 25.5 Å². The van der Waals surface area contributed by atoms with E-state index in [1.807, 2.05) is 6.92 Å². The lowest BCUT2D eigenvalue weighted by Crippen LogP contribution is -2.17. The first-order valence-corrected chi connectivity index (χ1v) is 9.25. The topological polar surface area (TPSA) is 76.7 Å². The average molecular weight is 445 g/mol. The Hall–Kier alpha value is -2.94. The lowest BCUT2D eigenvalue weighted by Gasteiger charge is -2.16. The van der Waals surface area contributed by atoms with Crippen molar-refractivity contribution in [2.45, 2.75) is 26.4 Å². The Bertz CT molecular complexity index is 948. The van der Waals surface area contributed by atoms with Gasteiger partial charge in [-0.25, -0.2) is 0 Å². The Morgan fingerprint density at radius 1 is 1.10 bits per heavy atom. The number of carbonyl (C=O) groups excluding carboxylic acids is 2. The van der Waals surface area contributed by atoms with E-state index in [0.29, 0.717) is 6.61 Å². The Morgan fingerprint density at radius 3 is 2.37 bits per heavy atom. The SMILES string of the molecule is CCCOc1c(Cl)cc(C(=O)Nc2cc(C(F)(F)F)ccc2NC(C)=O)cc1OC. The molecule has 2 rings (SSSR count). The van der Waals surface area contributed by atoms with Crippen LogP contribution in [0.15, 0.2) is 30.3 Å². The number of benzene rings is 2. The fourth-order valence-corrected chi connectivity index (χ4v) is 2.78. The third-order valence-electron chi connectivity index (χ3n) is 3.85. The van der Waals surface area contributed by atoms with Crippen LogP contribution in [0.2, 0.25) is 5.02 Å². The highest BCUT2D eigenvalue weighted by Gasteiger charge is 2.31. The van der Waals surface area contributed by atoms with Crippen molar-refractivity contribution in [1.29, 1.82) is 0 Å². The molecule has 6 nitrogen and oxygen atoms in total. The van der Waals surface area contributed by atoms with Gasteiger partial charge in [0.05, 0.1) is 35.7 Å². The number of ether oxygens (including phenoxy) is 2. The number of anilines is 2. The predicted octanol–water partition coefficient (Wildman–Crippen LogP) is 5.37. The molecule has 0 heterocycles. The van der Waals surface area contributed by atoms with Crippen LogP contribution in [-0.2, 0) is 11.0 Å². The normalized spacial score (nSPS) is 11.0. The smallest absolute Gasteiger partial charge is 0.416 e. The summed E-state index contributed by atoms with van der Waals surface area (Å²) in [6.45, 7) is 3.48. The van der Waals surface area contributed by atoms with Gasteiger partial charge in [0.25, 0.3) is 5.91 Å². The molecule has 2 amide bonds. The van der Waals surface area contributed by atoms with E-state index in [4.69, 9.17) is 21.1 Å². The summed E-state index contributed by atoms with van der Waals surface area (Å²) in [7, 11) is 1.37. The van der Waals surface area contributed by atoms with Crippen molar-refractivity contribution < 1.29 is 32.2 Å². The maximum Gasteiger partial charge on any atom is 0.416 e. The molecule has 0 radical (unpaired) electrons. The molecule has 0 saturated carbocycles. The van der Waals surface area contributed by atoms with Crippen molar-refractivity contribution in [3.05, 3.63) is 46.5 Å². The van der Waals surface area contributed by atoms with Crippen LogP contribution in [0.5, 0.6) is 11.5 Å². The van der Waals surface area contributed by atoms with Crippen molar-refractivity contribution in [1.82, 2.24) is 0 Å². The third kappa shape index (κ3) is 5.79. The van der Waals surface area contributed by atoms with Crippen molar-refractivity contribution in [2.75, 3.05) is 24.4 Å². The van der Waals surface area contributed by atoms with Crippen LogP contribution in [0.3, 0.4) is 0 Å². The zero-order chi connectivity index (χ0) is 22.5. The summed E-state index contributed by atoms with van der Waals surface area (Å²) < 4.78 is 49.9. The second kappa shape index (κ2) is 9.71. The quantitative estimate of drug-likeness (QED) is 0.602. The van der Waals surface area contributed by atoms with Gasteiger partial charge in [0.1, 0.15) is 0 Å². The summed E-state index contributed by atoms with van der Waals surface area (Å²) in [6.07, 6.45) is -3.90. The number of alkyl halides is 3. The molecule has 0 fully saturated rings. The van der Waals surface area contributed by atoms with Gasteiger partial charge in [-0.1, -0.05) is 18.5 Å². The van der Waals surface area contributed by atoms with E-state index in [0.717, 1.165) is 24.6 Å². The molecule has 0 aliphatic rings. The highest BCUT2D eigenvalue weighted by molar-refractivity contribution is 6.32. The van der Waals surface area contributed by atoms with Crippen LogP contribution in [0.4, 0.5) is 24.5 Å². The first-order valence-electron chi connectivity index (χ1n) is 8.87. The molecule has 0 aromatic heterocycles. The minimum Gasteiger partial charge on any atom is -0.493 e. The molecule has 2 aromatic carbocycles. The molecule has 2 aromatic rings. The number of halogens is 4. The first-order chi connectivity index (χ1) is 14.1. The van der Waals surface area contributed by atoms with Crippen LogP contribution in [0.1, 0.15) is 36.2 Å². The van der Waals surface area contributed by atoms with Gasteiger partial charge in [-0.05, 0) is 36.8 Å². The molecular weight excluding hydrogens is 425 g/mol. The number of hydrogen-bond donors (Lipinski definition) is 2. The molecule has 10 heteroatoms. The number of methoxy groups -OCH3 is 1. The molecule has 0 aliphatic carbocycles. The molecule has 0 spiro atoms. The van der Waals surface area contributed by atoms with Gasteiger partial charge in [0.2, 0.25) is 5.91 Å². The largest absolute Gasteiger partial charge is 0.493 e. The number of hydrogen-bond acceptors (Lipinski definition) is 4. The Balaban J connectivity index is 2.41. The van der Waals surface area contributed by atoms with E-state index in [1.54, 1.807) is 0 Å². The fourth-order valence-electron chi connectivity index (χ4n) is 2.51. The van der Waals surface area contributed by atoms with Crippen molar-refractivity contribution >= 4 is 34.8 Å².